The average molecular weight is 347 g/mol. The van der Waals surface area contributed by atoms with E-state index in [4.69, 9.17) is 4.74 Å². The van der Waals surface area contributed by atoms with E-state index in [0.29, 0.717) is 19.0 Å². The Balaban J connectivity index is 1.67. The third-order valence-electron chi connectivity index (χ3n) is 3.99. The molecule has 1 aliphatic rings. The van der Waals surface area contributed by atoms with Crippen molar-refractivity contribution in [3.63, 3.8) is 0 Å². The van der Waals surface area contributed by atoms with Crippen molar-refractivity contribution in [2.75, 3.05) is 13.1 Å². The lowest BCUT2D eigenvalue weighted by atomic mass is 10.1. The van der Waals surface area contributed by atoms with E-state index < -0.39 is 10.0 Å². The van der Waals surface area contributed by atoms with Crippen LogP contribution >= 0.6 is 0 Å². The molecule has 24 heavy (non-hydrogen) atoms. The Kier molecular flexibility index (Phi) is 5.11. The average Bonchev–Trinajstić information content (AvgIpc) is 2.56. The number of hydrogen-bond donors (Lipinski definition) is 0. The molecule has 0 amide bonds. The van der Waals surface area contributed by atoms with Crippen LogP contribution in [0.3, 0.4) is 0 Å². The topological polar surface area (TPSA) is 72.4 Å². The molecule has 0 saturated carbocycles. The summed E-state index contributed by atoms with van der Waals surface area (Å²) in [6.07, 6.45) is 6.07. The minimum Gasteiger partial charge on any atom is -0.472 e. The molecule has 1 saturated heterocycles. The van der Waals surface area contributed by atoms with Gasteiger partial charge in [0.1, 0.15) is 6.10 Å². The van der Waals surface area contributed by atoms with Gasteiger partial charge in [0.15, 0.2) is 0 Å². The fourth-order valence-electron chi connectivity index (χ4n) is 2.87. The first-order valence-electron chi connectivity index (χ1n) is 7.99. The largest absolute Gasteiger partial charge is 0.472 e. The van der Waals surface area contributed by atoms with E-state index in [1.54, 1.807) is 18.6 Å². The highest BCUT2D eigenvalue weighted by Gasteiger charge is 2.30. The van der Waals surface area contributed by atoms with E-state index >= 15 is 0 Å². The normalized spacial score (nSPS) is 19.1. The monoisotopic (exact) mass is 347 g/mol. The van der Waals surface area contributed by atoms with Crippen LogP contribution in [-0.2, 0) is 15.8 Å². The first kappa shape index (κ1) is 16.9. The summed E-state index contributed by atoms with van der Waals surface area (Å²) in [5.74, 6) is 0.451. The number of benzene rings is 1. The fourth-order valence-corrected chi connectivity index (χ4v) is 4.46. The molecule has 3 rings (SSSR count). The lowest BCUT2D eigenvalue weighted by molar-refractivity contribution is 0.124. The highest BCUT2D eigenvalue weighted by molar-refractivity contribution is 7.88. The van der Waals surface area contributed by atoms with Gasteiger partial charge in [-0.3, -0.25) is 4.98 Å². The lowest BCUT2D eigenvalue weighted by Gasteiger charge is -2.31. The molecule has 0 aliphatic carbocycles. The van der Waals surface area contributed by atoms with Crippen molar-refractivity contribution in [1.82, 2.24) is 14.3 Å². The highest BCUT2D eigenvalue weighted by Crippen LogP contribution is 2.20. The van der Waals surface area contributed by atoms with E-state index in [0.717, 1.165) is 24.0 Å². The number of sulfonamides is 1. The molecule has 1 atom stereocenters. The fraction of sp³-hybridized carbons (Fsp3) is 0.412. The summed E-state index contributed by atoms with van der Waals surface area (Å²) in [6, 6.07) is 7.61. The molecule has 6 nitrogen and oxygen atoms in total. The van der Waals surface area contributed by atoms with Gasteiger partial charge in [0.2, 0.25) is 15.9 Å². The van der Waals surface area contributed by atoms with E-state index in [1.165, 1.54) is 4.31 Å². The van der Waals surface area contributed by atoms with Gasteiger partial charge in [-0.05, 0) is 25.3 Å². The van der Waals surface area contributed by atoms with Crippen LogP contribution in [0.1, 0.15) is 24.0 Å². The third-order valence-corrected chi connectivity index (χ3v) is 5.81. The molecule has 1 aromatic heterocycles. The van der Waals surface area contributed by atoms with Crippen molar-refractivity contribution in [3.8, 4) is 5.88 Å². The van der Waals surface area contributed by atoms with Crippen molar-refractivity contribution < 1.29 is 13.2 Å². The van der Waals surface area contributed by atoms with E-state index in [1.807, 2.05) is 31.2 Å². The molecule has 128 valence electrons. The van der Waals surface area contributed by atoms with Gasteiger partial charge < -0.3 is 4.74 Å². The van der Waals surface area contributed by atoms with Crippen LogP contribution in [0, 0.1) is 6.92 Å². The van der Waals surface area contributed by atoms with Gasteiger partial charge >= 0.3 is 0 Å². The molecule has 2 heterocycles. The molecular weight excluding hydrogens is 326 g/mol. The minimum absolute atomic E-state index is 0.0204. The van der Waals surface area contributed by atoms with Gasteiger partial charge in [-0.1, -0.05) is 29.8 Å². The molecule has 0 spiro atoms. The van der Waals surface area contributed by atoms with Crippen LogP contribution in [0.2, 0.25) is 0 Å². The number of piperidine rings is 1. The molecule has 0 N–H and O–H groups in total. The van der Waals surface area contributed by atoms with Crippen molar-refractivity contribution >= 4 is 10.0 Å². The summed E-state index contributed by atoms with van der Waals surface area (Å²) in [4.78, 5) is 8.05. The molecule has 1 unspecified atom stereocenters. The predicted octanol–water partition coefficient (Wildman–Crippen LogP) is 2.16. The van der Waals surface area contributed by atoms with Gasteiger partial charge in [-0.25, -0.2) is 13.4 Å². The maximum Gasteiger partial charge on any atom is 0.232 e. The van der Waals surface area contributed by atoms with Gasteiger partial charge in [0.05, 0.1) is 18.5 Å². The second-order valence-corrected chi connectivity index (χ2v) is 8.00. The van der Waals surface area contributed by atoms with Crippen LogP contribution in [0.15, 0.2) is 42.9 Å². The zero-order valence-corrected chi connectivity index (χ0v) is 14.4. The van der Waals surface area contributed by atoms with Gasteiger partial charge in [-0.15, -0.1) is 0 Å². The number of aryl methyl sites for hydroxylation is 1. The molecule has 0 radical (unpaired) electrons. The summed E-state index contributed by atoms with van der Waals surface area (Å²) >= 11 is 0. The lowest BCUT2D eigenvalue weighted by Crippen LogP contribution is -2.44. The maximum absolute atomic E-state index is 12.7. The quantitative estimate of drug-likeness (QED) is 0.829. The van der Waals surface area contributed by atoms with E-state index in [-0.39, 0.29) is 11.9 Å². The Morgan fingerprint density at radius 2 is 2.21 bits per heavy atom. The highest BCUT2D eigenvalue weighted by atomic mass is 32.2. The first-order chi connectivity index (χ1) is 11.5. The second-order valence-electron chi connectivity index (χ2n) is 6.03. The number of hydrogen-bond acceptors (Lipinski definition) is 5. The van der Waals surface area contributed by atoms with Crippen molar-refractivity contribution in [2.24, 2.45) is 0 Å². The zero-order chi connectivity index (χ0) is 17.0. The van der Waals surface area contributed by atoms with Gasteiger partial charge in [0, 0.05) is 18.9 Å². The first-order valence-corrected chi connectivity index (χ1v) is 9.60. The summed E-state index contributed by atoms with van der Waals surface area (Å²) in [5.41, 5.74) is 1.87. The minimum atomic E-state index is -3.36. The molecule has 1 aromatic carbocycles. The number of aromatic nitrogens is 2. The summed E-state index contributed by atoms with van der Waals surface area (Å²) in [6.45, 7) is 2.85. The smallest absolute Gasteiger partial charge is 0.232 e. The molecule has 1 aliphatic heterocycles. The third kappa shape index (κ3) is 4.30. The molecule has 7 heteroatoms. The Labute approximate surface area is 142 Å². The van der Waals surface area contributed by atoms with Crippen LogP contribution in [0.5, 0.6) is 5.88 Å². The Hall–Kier alpha value is -1.99. The van der Waals surface area contributed by atoms with Crippen LogP contribution in [0.25, 0.3) is 0 Å². The second kappa shape index (κ2) is 7.27. The van der Waals surface area contributed by atoms with Crippen molar-refractivity contribution in [2.45, 2.75) is 31.6 Å². The Bertz CT molecular complexity index is 781. The molecule has 2 aromatic rings. The number of nitrogens with zero attached hydrogens (tertiary/aromatic N) is 3. The van der Waals surface area contributed by atoms with Crippen molar-refractivity contribution in [1.29, 1.82) is 0 Å². The summed E-state index contributed by atoms with van der Waals surface area (Å²) in [7, 11) is -3.36. The molecule has 1 fully saturated rings. The standard InChI is InChI=1S/C17H21N3O3S/c1-14-4-2-5-15(10-14)13-24(21,22)20-9-3-6-16(12-20)23-17-11-18-7-8-19-17/h2,4-5,7-8,10-11,16H,3,6,9,12-13H2,1H3. The zero-order valence-electron chi connectivity index (χ0n) is 13.6. The predicted molar refractivity (Wildman–Crippen MR) is 91.1 cm³/mol. The van der Waals surface area contributed by atoms with Gasteiger partial charge in [0.25, 0.3) is 0 Å². The Morgan fingerprint density at radius 1 is 1.33 bits per heavy atom. The van der Waals surface area contributed by atoms with E-state index in [2.05, 4.69) is 9.97 Å². The summed E-state index contributed by atoms with van der Waals surface area (Å²) < 4.78 is 32.7. The molecule has 0 bridgehead atoms. The summed E-state index contributed by atoms with van der Waals surface area (Å²) in [5, 5.41) is 0. The van der Waals surface area contributed by atoms with Gasteiger partial charge in [-0.2, -0.15) is 4.31 Å². The SMILES string of the molecule is Cc1cccc(CS(=O)(=O)N2CCCC(Oc3cnccn3)C2)c1. The van der Waals surface area contributed by atoms with Crippen molar-refractivity contribution in [3.05, 3.63) is 54.0 Å². The van der Waals surface area contributed by atoms with Crippen LogP contribution < -0.4 is 4.74 Å². The Morgan fingerprint density at radius 3 is 2.96 bits per heavy atom. The number of rotatable bonds is 5. The molecular formula is C17H21N3O3S. The van der Waals surface area contributed by atoms with E-state index in [9.17, 15) is 8.42 Å². The van der Waals surface area contributed by atoms with Crippen LogP contribution in [0.4, 0.5) is 0 Å². The maximum atomic E-state index is 12.7. The van der Waals surface area contributed by atoms with Crippen LogP contribution in [-0.4, -0.2) is 41.9 Å². The number of ether oxygens (including phenoxy) is 1.